The van der Waals surface area contributed by atoms with Gasteiger partial charge in [0.05, 0.1) is 0 Å². The van der Waals surface area contributed by atoms with Crippen LogP contribution in [-0.4, -0.2) is 23.4 Å². The highest BCUT2D eigenvalue weighted by Gasteiger charge is 2.24. The van der Waals surface area contributed by atoms with Crippen molar-refractivity contribution in [3.8, 4) is 0 Å². The smallest absolute Gasteiger partial charge is 0.291 e. The maximum Gasteiger partial charge on any atom is 0.291 e. The number of nitrogens with zero attached hydrogens (tertiary/aromatic N) is 1. The molecule has 0 aromatic heterocycles. The molecule has 0 saturated heterocycles. The van der Waals surface area contributed by atoms with Crippen molar-refractivity contribution < 1.29 is 10.3 Å². The summed E-state index contributed by atoms with van der Waals surface area (Å²) in [6.45, 7) is 4.46. The number of rotatable bonds is 8. The van der Waals surface area contributed by atoms with Crippen LogP contribution in [0.15, 0.2) is 60.7 Å². The zero-order valence-corrected chi connectivity index (χ0v) is 16.5. The zero-order chi connectivity index (χ0) is 20.2. The lowest BCUT2D eigenvalue weighted by Gasteiger charge is -2.16. The third-order valence-corrected chi connectivity index (χ3v) is 4.99. The Bertz CT molecular complexity index is 730. The van der Waals surface area contributed by atoms with Crippen LogP contribution in [0, 0.1) is 16.0 Å². The molecule has 2 aromatic rings. The summed E-state index contributed by atoms with van der Waals surface area (Å²) >= 11 is 0. The first-order chi connectivity index (χ1) is 13.6. The van der Waals surface area contributed by atoms with Crippen LogP contribution in [0.3, 0.4) is 0 Å². The molecule has 2 aromatic carbocycles. The van der Waals surface area contributed by atoms with E-state index in [9.17, 15) is 0 Å². The second-order valence-electron chi connectivity index (χ2n) is 7.03. The Morgan fingerprint density at radius 3 is 2.25 bits per heavy atom. The van der Waals surface area contributed by atoms with Crippen molar-refractivity contribution in [2.24, 2.45) is 5.92 Å². The maximum absolute atomic E-state index is 8.36. The van der Waals surface area contributed by atoms with E-state index in [0.717, 1.165) is 19.5 Å². The molecule has 0 unspecified atom stereocenters. The molecule has 0 radical (unpaired) electrons. The highest BCUT2D eigenvalue weighted by atomic mass is 16.9. The predicted molar refractivity (Wildman–Crippen MR) is 113 cm³/mol. The molecule has 0 heterocycles. The van der Waals surface area contributed by atoms with E-state index < -0.39 is 5.09 Å². The van der Waals surface area contributed by atoms with E-state index in [4.69, 9.17) is 15.3 Å². The molecule has 5 nitrogen and oxygen atoms in total. The molecule has 0 atom stereocenters. The lowest BCUT2D eigenvalue weighted by molar-refractivity contribution is -0.742. The van der Waals surface area contributed by atoms with Gasteiger partial charge in [0, 0.05) is 0 Å². The Labute approximate surface area is 167 Å². The van der Waals surface area contributed by atoms with E-state index in [1.807, 2.05) is 0 Å². The minimum Gasteiger partial charge on any atom is -0.328 e. The van der Waals surface area contributed by atoms with Gasteiger partial charge in [-0.25, -0.2) is 0 Å². The van der Waals surface area contributed by atoms with Crippen LogP contribution < -0.4 is 5.32 Å². The van der Waals surface area contributed by atoms with E-state index in [1.165, 1.54) is 47.9 Å². The molecule has 1 aliphatic rings. The van der Waals surface area contributed by atoms with Gasteiger partial charge in [0.15, 0.2) is 0 Å². The maximum atomic E-state index is 8.36. The van der Waals surface area contributed by atoms with Crippen molar-refractivity contribution in [3.63, 3.8) is 0 Å². The molecular weight excluding hydrogens is 352 g/mol. The Morgan fingerprint density at radius 2 is 1.68 bits per heavy atom. The molecule has 0 spiro atoms. The molecule has 2 N–H and O–H groups in total. The van der Waals surface area contributed by atoms with Crippen LogP contribution in [0.25, 0.3) is 5.57 Å². The highest BCUT2D eigenvalue weighted by molar-refractivity contribution is 5.69. The lowest BCUT2D eigenvalue weighted by Crippen LogP contribution is -2.16. The molecule has 1 aliphatic carbocycles. The molecule has 3 rings (SSSR count). The Hall–Kier alpha value is -2.66. The minimum atomic E-state index is -1.50. The number of allylic oxidation sites excluding steroid dienone is 1. The van der Waals surface area contributed by atoms with E-state index in [2.05, 4.69) is 72.9 Å². The quantitative estimate of drug-likeness (QED) is 0.386. The standard InChI is InChI=1S/C23H29N.HNO3/c1-2-3-15-24-16-9-14-23(19-10-5-4-6-11-19)22-17-20-12-7-8-13-21(20)18-22;2-1(3)4/h4-8,10-14,22,24H,2-3,9,15-18H2,1H3;(H,2,3,4). The van der Waals surface area contributed by atoms with Gasteiger partial charge in [-0.2, -0.15) is 0 Å². The fraction of sp³-hybridized carbons (Fsp3) is 0.391. The summed E-state index contributed by atoms with van der Waals surface area (Å²) in [6.07, 6.45) is 8.48. The molecule has 0 bridgehead atoms. The van der Waals surface area contributed by atoms with Crippen LogP contribution in [0.2, 0.25) is 0 Å². The van der Waals surface area contributed by atoms with Crippen LogP contribution in [0.5, 0.6) is 0 Å². The Morgan fingerprint density at radius 1 is 1.11 bits per heavy atom. The number of fused-ring (bicyclic) bond motifs is 1. The molecular formula is C23H30N2O3. The van der Waals surface area contributed by atoms with Gasteiger partial charge in [-0.1, -0.05) is 74.0 Å². The summed E-state index contributed by atoms with van der Waals surface area (Å²) in [5.74, 6) is 0.625. The third-order valence-electron chi connectivity index (χ3n) is 4.99. The number of benzene rings is 2. The predicted octanol–water partition coefficient (Wildman–Crippen LogP) is 4.92. The van der Waals surface area contributed by atoms with Crippen molar-refractivity contribution in [1.82, 2.24) is 5.32 Å². The first kappa shape index (κ1) is 21.6. The first-order valence-corrected chi connectivity index (χ1v) is 9.98. The number of unbranched alkanes of at least 4 members (excludes halogenated alkanes) is 1. The SMILES string of the molecule is CCCCNCCC=C(c1ccccc1)C1Cc2ccccc2C1.O=[N+]([O-])O. The van der Waals surface area contributed by atoms with Crippen molar-refractivity contribution >= 4 is 5.57 Å². The van der Waals surface area contributed by atoms with Crippen LogP contribution in [0.1, 0.15) is 42.9 Å². The van der Waals surface area contributed by atoms with Gasteiger partial charge in [-0.15, -0.1) is 10.1 Å². The summed E-state index contributed by atoms with van der Waals surface area (Å²) in [6, 6.07) is 19.9. The van der Waals surface area contributed by atoms with E-state index in [1.54, 1.807) is 0 Å². The van der Waals surface area contributed by atoms with Crippen molar-refractivity contribution in [1.29, 1.82) is 0 Å². The number of hydrogen-bond acceptors (Lipinski definition) is 3. The van der Waals surface area contributed by atoms with Crippen molar-refractivity contribution in [2.45, 2.75) is 39.0 Å². The molecule has 150 valence electrons. The summed E-state index contributed by atoms with van der Waals surface area (Å²) in [5, 5.41) is 17.2. The van der Waals surface area contributed by atoms with Gasteiger partial charge >= 0.3 is 0 Å². The van der Waals surface area contributed by atoms with E-state index >= 15 is 0 Å². The normalized spacial score (nSPS) is 13.5. The third kappa shape index (κ3) is 7.16. The fourth-order valence-corrected chi connectivity index (χ4v) is 3.69. The van der Waals surface area contributed by atoms with Gasteiger partial charge in [0.1, 0.15) is 0 Å². The number of nitrogens with one attached hydrogen (secondary N) is 1. The van der Waals surface area contributed by atoms with Gasteiger partial charge in [0.2, 0.25) is 0 Å². The zero-order valence-electron chi connectivity index (χ0n) is 16.5. The summed E-state index contributed by atoms with van der Waals surface area (Å²) in [7, 11) is 0. The van der Waals surface area contributed by atoms with Crippen molar-refractivity contribution in [2.75, 3.05) is 13.1 Å². The molecule has 0 aliphatic heterocycles. The van der Waals surface area contributed by atoms with Gasteiger partial charge in [-0.3, -0.25) is 0 Å². The average Bonchev–Trinajstić information content (AvgIpc) is 3.11. The molecule has 0 amide bonds. The first-order valence-electron chi connectivity index (χ1n) is 9.98. The van der Waals surface area contributed by atoms with E-state index in [0.29, 0.717) is 5.92 Å². The Kier molecular flexibility index (Phi) is 9.22. The fourth-order valence-electron chi connectivity index (χ4n) is 3.69. The van der Waals surface area contributed by atoms with Gasteiger partial charge < -0.3 is 10.5 Å². The topological polar surface area (TPSA) is 75.4 Å². The van der Waals surface area contributed by atoms with Crippen LogP contribution >= 0.6 is 0 Å². The highest BCUT2D eigenvalue weighted by Crippen LogP contribution is 2.36. The monoisotopic (exact) mass is 382 g/mol. The summed E-state index contributed by atoms with van der Waals surface area (Å²) < 4.78 is 0. The van der Waals surface area contributed by atoms with E-state index in [-0.39, 0.29) is 0 Å². The summed E-state index contributed by atoms with van der Waals surface area (Å²) in [4.78, 5) is 8.36. The minimum absolute atomic E-state index is 0.625. The molecule has 0 fully saturated rings. The second kappa shape index (κ2) is 11.9. The van der Waals surface area contributed by atoms with Crippen LogP contribution in [-0.2, 0) is 12.8 Å². The summed E-state index contributed by atoms with van der Waals surface area (Å²) in [5.41, 5.74) is 5.99. The average molecular weight is 383 g/mol. The number of hydrogen-bond donors (Lipinski definition) is 2. The van der Waals surface area contributed by atoms with Crippen LogP contribution in [0.4, 0.5) is 0 Å². The second-order valence-corrected chi connectivity index (χ2v) is 7.03. The van der Waals surface area contributed by atoms with Gasteiger partial charge in [0.25, 0.3) is 5.09 Å². The molecule has 0 saturated carbocycles. The molecule has 28 heavy (non-hydrogen) atoms. The Balaban J connectivity index is 0.000000640. The lowest BCUT2D eigenvalue weighted by atomic mass is 9.89. The van der Waals surface area contributed by atoms with Gasteiger partial charge in [-0.05, 0) is 67.0 Å². The van der Waals surface area contributed by atoms with Crippen molar-refractivity contribution in [3.05, 3.63) is 87.5 Å². The largest absolute Gasteiger partial charge is 0.328 e. The molecule has 5 heteroatoms.